The molecule has 0 aliphatic rings. The van der Waals surface area contributed by atoms with E-state index in [1.807, 2.05) is 12.1 Å². The number of methoxy groups -OCH3 is 1. The maximum absolute atomic E-state index is 12.4. The van der Waals surface area contributed by atoms with Gasteiger partial charge in [0, 0.05) is 16.1 Å². The van der Waals surface area contributed by atoms with Gasteiger partial charge < -0.3 is 9.47 Å². The Hall–Kier alpha value is -4.03. The van der Waals surface area contributed by atoms with Gasteiger partial charge in [-0.3, -0.25) is 9.78 Å². The SMILES string of the molecule is COc1cc(C=NNc2nc(-c3ccccc3)c(C#N)c(=O)[nH]2)ccc1OCc1c(Cl)cc(Cl)cc1Cl. The van der Waals surface area contributed by atoms with Gasteiger partial charge in [-0.05, 0) is 35.9 Å². The molecule has 0 radical (unpaired) electrons. The fourth-order valence-electron chi connectivity index (χ4n) is 3.35. The minimum Gasteiger partial charge on any atom is -0.493 e. The van der Waals surface area contributed by atoms with Crippen LogP contribution in [0.25, 0.3) is 11.3 Å². The van der Waals surface area contributed by atoms with Crippen molar-refractivity contribution in [1.82, 2.24) is 9.97 Å². The van der Waals surface area contributed by atoms with Crippen LogP contribution in [0.3, 0.4) is 0 Å². The molecule has 1 aromatic heterocycles. The van der Waals surface area contributed by atoms with Crippen molar-refractivity contribution < 1.29 is 9.47 Å². The van der Waals surface area contributed by atoms with Gasteiger partial charge in [-0.15, -0.1) is 0 Å². The third-order valence-electron chi connectivity index (χ3n) is 5.13. The number of anilines is 1. The van der Waals surface area contributed by atoms with Gasteiger partial charge in [0.2, 0.25) is 5.95 Å². The van der Waals surface area contributed by atoms with Gasteiger partial charge in [-0.1, -0.05) is 65.1 Å². The van der Waals surface area contributed by atoms with Crippen LogP contribution in [-0.4, -0.2) is 23.3 Å². The number of aromatic nitrogens is 2. The number of ether oxygens (including phenoxy) is 2. The highest BCUT2D eigenvalue weighted by atomic mass is 35.5. The summed E-state index contributed by atoms with van der Waals surface area (Å²) in [6.45, 7) is 0.113. The normalized spacial score (nSPS) is 10.8. The molecule has 37 heavy (non-hydrogen) atoms. The number of H-pyrrole nitrogens is 1. The third-order valence-corrected chi connectivity index (χ3v) is 6.02. The standard InChI is InChI=1S/C26H18Cl3N5O3/c1-36-23-9-15(7-8-22(23)37-14-19-20(28)10-17(27)11-21(19)29)13-31-34-26-32-24(16-5-3-2-4-6-16)18(12-30)25(35)33-26/h2-11,13H,14H2,1H3,(H2,32,33,34,35). The molecule has 1 heterocycles. The van der Waals surface area contributed by atoms with Crippen molar-refractivity contribution in [3.05, 3.63) is 103 Å². The molecular formula is C26H18Cl3N5O3. The second-order valence-corrected chi connectivity index (χ2v) is 8.78. The van der Waals surface area contributed by atoms with Crippen LogP contribution in [0, 0.1) is 11.3 Å². The highest BCUT2D eigenvalue weighted by molar-refractivity contribution is 6.39. The van der Waals surface area contributed by atoms with Gasteiger partial charge in [-0.25, -0.2) is 10.4 Å². The number of nitriles is 1. The number of benzene rings is 3. The monoisotopic (exact) mass is 553 g/mol. The van der Waals surface area contributed by atoms with Crippen LogP contribution in [0.5, 0.6) is 11.5 Å². The summed E-state index contributed by atoms with van der Waals surface area (Å²) in [7, 11) is 1.51. The smallest absolute Gasteiger partial charge is 0.270 e. The van der Waals surface area contributed by atoms with Crippen molar-refractivity contribution in [2.75, 3.05) is 12.5 Å². The van der Waals surface area contributed by atoms with E-state index >= 15 is 0 Å². The van der Waals surface area contributed by atoms with Crippen molar-refractivity contribution >= 4 is 47.0 Å². The number of nitrogens with one attached hydrogen (secondary N) is 2. The van der Waals surface area contributed by atoms with Gasteiger partial charge >= 0.3 is 0 Å². The molecule has 0 saturated heterocycles. The molecule has 0 spiro atoms. The Balaban J connectivity index is 1.50. The van der Waals surface area contributed by atoms with E-state index in [0.717, 1.165) is 0 Å². The lowest BCUT2D eigenvalue weighted by Gasteiger charge is -2.13. The fraction of sp³-hybridized carbons (Fsp3) is 0.0769. The molecule has 0 aliphatic carbocycles. The van der Waals surface area contributed by atoms with Crippen molar-refractivity contribution in [3.8, 4) is 28.8 Å². The Labute approximate surface area is 227 Å². The van der Waals surface area contributed by atoms with Gasteiger partial charge in [0.05, 0.1) is 29.1 Å². The Morgan fingerprint density at radius 3 is 2.49 bits per heavy atom. The van der Waals surface area contributed by atoms with Crippen LogP contribution >= 0.6 is 34.8 Å². The first-order valence-corrected chi connectivity index (χ1v) is 11.9. The summed E-state index contributed by atoms with van der Waals surface area (Å²) in [6, 6.07) is 19.2. The average molecular weight is 555 g/mol. The number of nitrogens with zero attached hydrogens (tertiary/aromatic N) is 3. The summed E-state index contributed by atoms with van der Waals surface area (Å²) in [6.07, 6.45) is 1.51. The Bertz CT molecular complexity index is 1540. The van der Waals surface area contributed by atoms with E-state index in [4.69, 9.17) is 44.3 Å². The molecule has 4 aromatic rings. The number of hydrogen-bond donors (Lipinski definition) is 2. The molecular weight excluding hydrogens is 537 g/mol. The fourth-order valence-corrected chi connectivity index (χ4v) is 4.27. The largest absolute Gasteiger partial charge is 0.493 e. The first-order valence-electron chi connectivity index (χ1n) is 10.7. The second kappa shape index (κ2) is 11.8. The minimum atomic E-state index is -0.571. The van der Waals surface area contributed by atoms with Gasteiger partial charge in [0.25, 0.3) is 5.56 Å². The molecule has 0 fully saturated rings. The van der Waals surface area contributed by atoms with E-state index in [0.29, 0.717) is 43.3 Å². The zero-order valence-corrected chi connectivity index (χ0v) is 21.5. The highest BCUT2D eigenvalue weighted by Crippen LogP contribution is 2.33. The molecule has 0 unspecified atom stereocenters. The van der Waals surface area contributed by atoms with Crippen LogP contribution in [-0.2, 0) is 6.61 Å². The molecule has 4 rings (SSSR count). The Morgan fingerprint density at radius 1 is 1.08 bits per heavy atom. The third kappa shape index (κ3) is 6.22. The summed E-state index contributed by atoms with van der Waals surface area (Å²) in [5.74, 6) is 1.02. The van der Waals surface area contributed by atoms with Gasteiger partial charge in [-0.2, -0.15) is 10.4 Å². The molecule has 3 aromatic carbocycles. The number of halogens is 3. The Morgan fingerprint density at radius 2 is 1.81 bits per heavy atom. The summed E-state index contributed by atoms with van der Waals surface area (Å²) in [5, 5.41) is 14.8. The average Bonchev–Trinajstić information content (AvgIpc) is 2.88. The van der Waals surface area contributed by atoms with Crippen LogP contribution in [0.2, 0.25) is 15.1 Å². The summed E-state index contributed by atoms with van der Waals surface area (Å²) >= 11 is 18.4. The molecule has 0 aliphatic heterocycles. The maximum atomic E-state index is 12.4. The summed E-state index contributed by atoms with van der Waals surface area (Å²) < 4.78 is 11.3. The molecule has 11 heteroatoms. The topological polar surface area (TPSA) is 112 Å². The molecule has 0 saturated carbocycles. The van der Waals surface area contributed by atoms with Crippen LogP contribution in [0.15, 0.2) is 70.6 Å². The van der Waals surface area contributed by atoms with E-state index < -0.39 is 5.56 Å². The first kappa shape index (κ1) is 26.0. The lowest BCUT2D eigenvalue weighted by Crippen LogP contribution is -2.16. The summed E-state index contributed by atoms with van der Waals surface area (Å²) in [5.41, 5.74) is 4.22. The van der Waals surface area contributed by atoms with Crippen LogP contribution in [0.1, 0.15) is 16.7 Å². The molecule has 0 atom stereocenters. The zero-order valence-electron chi connectivity index (χ0n) is 19.3. The van der Waals surface area contributed by atoms with E-state index in [-0.39, 0.29) is 23.8 Å². The highest BCUT2D eigenvalue weighted by Gasteiger charge is 2.13. The zero-order chi connectivity index (χ0) is 26.4. The van der Waals surface area contributed by atoms with E-state index in [1.165, 1.54) is 13.3 Å². The predicted molar refractivity (Wildman–Crippen MR) is 145 cm³/mol. The maximum Gasteiger partial charge on any atom is 0.270 e. The van der Waals surface area contributed by atoms with Crippen molar-refractivity contribution in [1.29, 1.82) is 5.26 Å². The lowest BCUT2D eigenvalue weighted by molar-refractivity contribution is 0.284. The van der Waals surface area contributed by atoms with E-state index in [1.54, 1.807) is 54.6 Å². The number of aromatic amines is 1. The van der Waals surface area contributed by atoms with Crippen LogP contribution in [0.4, 0.5) is 5.95 Å². The number of rotatable bonds is 8. The number of hydrazone groups is 1. The second-order valence-electron chi connectivity index (χ2n) is 7.53. The van der Waals surface area contributed by atoms with Crippen molar-refractivity contribution in [2.45, 2.75) is 6.61 Å². The number of hydrogen-bond acceptors (Lipinski definition) is 7. The van der Waals surface area contributed by atoms with Crippen LogP contribution < -0.4 is 20.5 Å². The van der Waals surface area contributed by atoms with Gasteiger partial charge in [0.1, 0.15) is 18.2 Å². The Kier molecular flexibility index (Phi) is 8.31. The lowest BCUT2D eigenvalue weighted by atomic mass is 10.1. The first-order chi connectivity index (χ1) is 17.9. The molecule has 0 amide bonds. The van der Waals surface area contributed by atoms with Gasteiger partial charge in [0.15, 0.2) is 11.5 Å². The van der Waals surface area contributed by atoms with E-state index in [9.17, 15) is 10.1 Å². The van der Waals surface area contributed by atoms with E-state index in [2.05, 4.69) is 20.5 Å². The quantitative estimate of drug-likeness (QED) is 0.195. The molecule has 8 nitrogen and oxygen atoms in total. The predicted octanol–water partition coefficient (Wildman–Crippen LogP) is 6.30. The van der Waals surface area contributed by atoms with Crippen molar-refractivity contribution in [3.63, 3.8) is 0 Å². The molecule has 2 N–H and O–H groups in total. The summed E-state index contributed by atoms with van der Waals surface area (Å²) in [4.78, 5) is 19.2. The molecule has 186 valence electrons. The van der Waals surface area contributed by atoms with Crippen molar-refractivity contribution in [2.24, 2.45) is 5.10 Å². The minimum absolute atomic E-state index is 0.0813. The molecule has 0 bridgehead atoms.